The number of hydrogen-bond acceptors (Lipinski definition) is 3. The molecule has 0 heterocycles. The van der Waals surface area contributed by atoms with Crippen molar-refractivity contribution in [2.45, 2.75) is 24.0 Å². The van der Waals surface area contributed by atoms with E-state index in [0.717, 1.165) is 27.3 Å². The smallest absolute Gasteiger partial charge is 0.255 e. The van der Waals surface area contributed by atoms with Crippen molar-refractivity contribution >= 4 is 46.6 Å². The molecule has 0 aromatic heterocycles. The average molecular weight is 501 g/mol. The number of rotatable bonds is 7. The fraction of sp³-hybridized carbons (Fsp3) is 0.103. The van der Waals surface area contributed by atoms with Crippen molar-refractivity contribution < 1.29 is 9.59 Å². The molecule has 2 N–H and O–H groups in total. The molecule has 6 heteroatoms. The SMILES string of the molecule is Cc1cccc(C)c1NC(=O)C(Sc1cccc(NC(=O)c2cccc(Cl)c2)c1)c1ccccc1. The maximum absolute atomic E-state index is 13.5. The van der Waals surface area contributed by atoms with Gasteiger partial charge in [0.15, 0.2) is 0 Å². The normalized spacial score (nSPS) is 11.5. The van der Waals surface area contributed by atoms with Crippen molar-refractivity contribution in [2.75, 3.05) is 10.6 Å². The molecular formula is C29H25ClN2O2S. The molecule has 4 nitrogen and oxygen atoms in total. The summed E-state index contributed by atoms with van der Waals surface area (Å²) in [4.78, 5) is 27.0. The van der Waals surface area contributed by atoms with E-state index in [1.807, 2.05) is 86.6 Å². The summed E-state index contributed by atoms with van der Waals surface area (Å²) in [6, 6.07) is 29.9. The highest BCUT2D eigenvalue weighted by Gasteiger charge is 2.23. The second-order valence-electron chi connectivity index (χ2n) is 8.16. The van der Waals surface area contributed by atoms with Gasteiger partial charge in [-0.25, -0.2) is 0 Å². The second kappa shape index (κ2) is 11.3. The Kier molecular flexibility index (Phi) is 7.91. The van der Waals surface area contributed by atoms with Gasteiger partial charge in [-0.3, -0.25) is 9.59 Å². The Labute approximate surface area is 214 Å². The van der Waals surface area contributed by atoms with Gasteiger partial charge in [0.1, 0.15) is 5.25 Å². The van der Waals surface area contributed by atoms with Crippen molar-refractivity contribution in [3.63, 3.8) is 0 Å². The van der Waals surface area contributed by atoms with Crippen LogP contribution in [0.15, 0.2) is 102 Å². The van der Waals surface area contributed by atoms with E-state index in [2.05, 4.69) is 10.6 Å². The van der Waals surface area contributed by atoms with Gasteiger partial charge in [-0.05, 0) is 66.9 Å². The molecule has 176 valence electrons. The molecule has 2 amide bonds. The van der Waals surface area contributed by atoms with Gasteiger partial charge in [0.05, 0.1) is 0 Å². The first kappa shape index (κ1) is 24.6. The minimum atomic E-state index is -0.478. The van der Waals surface area contributed by atoms with Gasteiger partial charge >= 0.3 is 0 Å². The molecule has 0 radical (unpaired) electrons. The highest BCUT2D eigenvalue weighted by atomic mass is 35.5. The molecule has 1 atom stereocenters. The van der Waals surface area contributed by atoms with Crippen LogP contribution in [0, 0.1) is 13.8 Å². The molecule has 0 saturated heterocycles. The highest BCUT2D eigenvalue weighted by Crippen LogP contribution is 2.37. The zero-order chi connectivity index (χ0) is 24.8. The quantitative estimate of drug-likeness (QED) is 0.256. The number of nitrogens with one attached hydrogen (secondary N) is 2. The largest absolute Gasteiger partial charge is 0.324 e. The average Bonchev–Trinajstić information content (AvgIpc) is 2.85. The monoisotopic (exact) mass is 500 g/mol. The number of para-hydroxylation sites is 1. The number of anilines is 2. The third-order valence-corrected chi connectivity index (χ3v) is 6.99. The van der Waals surface area contributed by atoms with E-state index in [9.17, 15) is 9.59 Å². The second-order valence-corrected chi connectivity index (χ2v) is 9.77. The summed E-state index contributed by atoms with van der Waals surface area (Å²) in [5.41, 5.74) is 4.88. The summed E-state index contributed by atoms with van der Waals surface area (Å²) in [5, 5.41) is 6.06. The summed E-state index contributed by atoms with van der Waals surface area (Å²) in [7, 11) is 0. The lowest BCUT2D eigenvalue weighted by Gasteiger charge is -2.19. The molecule has 0 saturated carbocycles. The van der Waals surface area contributed by atoms with Crippen LogP contribution in [0.2, 0.25) is 5.02 Å². The molecule has 4 rings (SSSR count). The summed E-state index contributed by atoms with van der Waals surface area (Å²) in [6.07, 6.45) is 0. The van der Waals surface area contributed by atoms with E-state index in [0.29, 0.717) is 16.3 Å². The predicted octanol–water partition coefficient (Wildman–Crippen LogP) is 7.68. The van der Waals surface area contributed by atoms with Crippen LogP contribution >= 0.6 is 23.4 Å². The van der Waals surface area contributed by atoms with Crippen LogP contribution < -0.4 is 10.6 Å². The van der Waals surface area contributed by atoms with E-state index >= 15 is 0 Å². The molecule has 0 spiro atoms. The van der Waals surface area contributed by atoms with E-state index in [1.54, 1.807) is 24.3 Å². The van der Waals surface area contributed by atoms with Crippen LogP contribution in [0.5, 0.6) is 0 Å². The van der Waals surface area contributed by atoms with Crippen LogP contribution in [0.25, 0.3) is 0 Å². The topological polar surface area (TPSA) is 58.2 Å². The lowest BCUT2D eigenvalue weighted by molar-refractivity contribution is -0.115. The van der Waals surface area contributed by atoms with Gasteiger partial charge in [0.2, 0.25) is 5.91 Å². The molecule has 4 aromatic rings. The highest BCUT2D eigenvalue weighted by molar-refractivity contribution is 8.00. The fourth-order valence-electron chi connectivity index (χ4n) is 3.72. The number of carbonyl (C=O) groups excluding carboxylic acids is 2. The third-order valence-electron chi connectivity index (χ3n) is 5.50. The summed E-state index contributed by atoms with van der Waals surface area (Å²) < 4.78 is 0. The van der Waals surface area contributed by atoms with Crippen LogP contribution in [0.4, 0.5) is 11.4 Å². The minimum Gasteiger partial charge on any atom is -0.324 e. The van der Waals surface area contributed by atoms with Gasteiger partial charge in [-0.2, -0.15) is 0 Å². The predicted molar refractivity (Wildman–Crippen MR) is 145 cm³/mol. The molecule has 0 aliphatic carbocycles. The number of thioether (sulfide) groups is 1. The van der Waals surface area contributed by atoms with E-state index in [1.165, 1.54) is 11.8 Å². The van der Waals surface area contributed by atoms with Crippen molar-refractivity contribution in [3.05, 3.63) is 124 Å². The molecule has 0 aliphatic heterocycles. The molecule has 0 bridgehead atoms. The Hall–Kier alpha value is -3.54. The maximum atomic E-state index is 13.5. The Morgan fingerprint density at radius 2 is 1.46 bits per heavy atom. The zero-order valence-corrected chi connectivity index (χ0v) is 21.0. The summed E-state index contributed by atoms with van der Waals surface area (Å²) >= 11 is 7.45. The van der Waals surface area contributed by atoms with Gasteiger partial charge in [-0.15, -0.1) is 11.8 Å². The summed E-state index contributed by atoms with van der Waals surface area (Å²) in [5.74, 6) is -0.353. The first-order chi connectivity index (χ1) is 16.9. The Morgan fingerprint density at radius 3 is 2.17 bits per heavy atom. The molecule has 0 fully saturated rings. The Bertz CT molecular complexity index is 1340. The Morgan fingerprint density at radius 1 is 0.771 bits per heavy atom. The maximum Gasteiger partial charge on any atom is 0.255 e. The van der Waals surface area contributed by atoms with Crippen LogP contribution in [0.3, 0.4) is 0 Å². The lowest BCUT2D eigenvalue weighted by atomic mass is 10.1. The number of benzene rings is 4. The molecular weight excluding hydrogens is 476 g/mol. The van der Waals surface area contributed by atoms with Gasteiger partial charge in [-0.1, -0.05) is 72.3 Å². The van der Waals surface area contributed by atoms with Gasteiger partial charge < -0.3 is 10.6 Å². The van der Waals surface area contributed by atoms with E-state index in [4.69, 9.17) is 11.6 Å². The van der Waals surface area contributed by atoms with Gasteiger partial charge in [0, 0.05) is 26.9 Å². The summed E-state index contributed by atoms with van der Waals surface area (Å²) in [6.45, 7) is 3.97. The minimum absolute atomic E-state index is 0.105. The molecule has 35 heavy (non-hydrogen) atoms. The first-order valence-corrected chi connectivity index (χ1v) is 12.4. The van der Waals surface area contributed by atoms with Crippen LogP contribution in [-0.4, -0.2) is 11.8 Å². The first-order valence-electron chi connectivity index (χ1n) is 11.2. The lowest BCUT2D eigenvalue weighted by Crippen LogP contribution is -2.20. The standard InChI is InChI=1S/C29H25ClN2O2S/c1-19-9-6-10-20(2)26(19)32-29(34)27(21-11-4-3-5-12-21)35-25-16-8-15-24(18-25)31-28(33)22-13-7-14-23(30)17-22/h3-18,27H,1-2H3,(H,31,33)(H,32,34). The van der Waals surface area contributed by atoms with Crippen molar-refractivity contribution in [2.24, 2.45) is 0 Å². The van der Waals surface area contributed by atoms with E-state index < -0.39 is 5.25 Å². The van der Waals surface area contributed by atoms with Crippen LogP contribution in [0.1, 0.15) is 32.3 Å². The zero-order valence-electron chi connectivity index (χ0n) is 19.4. The number of aryl methyl sites for hydroxylation is 2. The Balaban J connectivity index is 1.57. The van der Waals surface area contributed by atoms with Crippen LogP contribution in [-0.2, 0) is 4.79 Å². The van der Waals surface area contributed by atoms with Crippen molar-refractivity contribution in [3.8, 4) is 0 Å². The number of carbonyl (C=O) groups is 2. The molecule has 1 unspecified atom stereocenters. The molecule has 0 aliphatic rings. The number of hydrogen-bond donors (Lipinski definition) is 2. The fourth-order valence-corrected chi connectivity index (χ4v) is 4.99. The molecule has 4 aromatic carbocycles. The van der Waals surface area contributed by atoms with Gasteiger partial charge in [0.25, 0.3) is 5.91 Å². The number of halogens is 1. The third kappa shape index (κ3) is 6.32. The van der Waals surface area contributed by atoms with E-state index in [-0.39, 0.29) is 11.8 Å². The van der Waals surface area contributed by atoms with Crippen molar-refractivity contribution in [1.82, 2.24) is 0 Å². The van der Waals surface area contributed by atoms with Crippen molar-refractivity contribution in [1.29, 1.82) is 0 Å². The number of amides is 2.